The minimum Gasteiger partial charge on any atom is -0.493 e. The number of aromatic nitrogens is 1. The predicted octanol–water partition coefficient (Wildman–Crippen LogP) is 3.11. The number of nitrogens with zero attached hydrogens (tertiary/aromatic N) is 4. The Kier molecular flexibility index (Phi) is 8.35. The van der Waals surface area contributed by atoms with E-state index >= 15 is 0 Å². The molecule has 0 radical (unpaired) electrons. The Morgan fingerprint density at radius 1 is 1.02 bits per heavy atom. The number of nitrogens with one attached hydrogen (secondary N) is 1. The number of aryl methyl sites for hydroxylation is 1. The Hall–Kier alpha value is -5.03. The van der Waals surface area contributed by atoms with Gasteiger partial charge in [-0.2, -0.15) is 0 Å². The zero-order chi connectivity index (χ0) is 32.7. The van der Waals surface area contributed by atoms with Gasteiger partial charge in [0, 0.05) is 69.4 Å². The van der Waals surface area contributed by atoms with Crippen LogP contribution in [0.25, 0.3) is 10.9 Å². The number of aliphatic hydroxyl groups is 1. The number of likely N-dealkylation sites (tertiary alicyclic amines) is 1. The maximum atomic E-state index is 14.2. The van der Waals surface area contributed by atoms with Crippen molar-refractivity contribution < 1.29 is 29.0 Å². The van der Waals surface area contributed by atoms with E-state index in [9.17, 15) is 19.5 Å². The number of anilines is 2. The summed E-state index contributed by atoms with van der Waals surface area (Å²) in [5, 5.41) is 14.3. The van der Waals surface area contributed by atoms with E-state index in [1.54, 1.807) is 31.4 Å². The largest absolute Gasteiger partial charge is 0.493 e. The summed E-state index contributed by atoms with van der Waals surface area (Å²) >= 11 is 0. The van der Waals surface area contributed by atoms with Gasteiger partial charge in [-0.3, -0.25) is 14.4 Å². The molecule has 2 aliphatic heterocycles. The molecule has 0 aliphatic carbocycles. The van der Waals surface area contributed by atoms with E-state index in [0.717, 1.165) is 27.7 Å². The molecule has 6 rings (SSSR count). The molecule has 3 aromatic carbocycles. The van der Waals surface area contributed by atoms with Crippen molar-refractivity contribution in [3.8, 4) is 11.5 Å². The summed E-state index contributed by atoms with van der Waals surface area (Å²) in [6, 6.07) is 17.2. The number of hydrogen-bond acceptors (Lipinski definition) is 7. The molecule has 1 aromatic heterocycles. The minimum atomic E-state index is -0.941. The van der Waals surface area contributed by atoms with Crippen LogP contribution in [0.1, 0.15) is 27.9 Å². The Labute approximate surface area is 267 Å². The molecule has 240 valence electrons. The van der Waals surface area contributed by atoms with Crippen LogP contribution in [-0.4, -0.2) is 85.3 Å². The van der Waals surface area contributed by atoms with Gasteiger partial charge in [0.25, 0.3) is 5.91 Å². The van der Waals surface area contributed by atoms with E-state index in [1.165, 1.54) is 4.90 Å². The molecule has 3 atom stereocenters. The van der Waals surface area contributed by atoms with Crippen molar-refractivity contribution in [2.45, 2.75) is 37.6 Å². The van der Waals surface area contributed by atoms with Gasteiger partial charge in [0.2, 0.25) is 11.8 Å². The van der Waals surface area contributed by atoms with E-state index in [1.807, 2.05) is 85.2 Å². The van der Waals surface area contributed by atoms with Gasteiger partial charge in [0.15, 0.2) is 11.5 Å². The summed E-state index contributed by atoms with van der Waals surface area (Å²) in [4.78, 5) is 47.1. The van der Waals surface area contributed by atoms with Gasteiger partial charge in [-0.1, -0.05) is 36.4 Å². The lowest BCUT2D eigenvalue weighted by atomic mass is 9.95. The van der Waals surface area contributed by atoms with Gasteiger partial charge < -0.3 is 39.2 Å². The Bertz CT molecular complexity index is 1820. The number of rotatable bonds is 8. The van der Waals surface area contributed by atoms with E-state index in [4.69, 9.17) is 9.47 Å². The number of amides is 3. The standard InChI is InChI=1S/C35H39N5O6/c1-37(2)27-12-8-6-10-21(27)18-39-29-17-32(46-5)31(45-4)15-22(29)14-26(35(39)44)36-33(42)30-16-23(41)19-40(30)34(43)25-20-38(3)28-13-9-7-11-24(25)28/h6-13,15,17,20,23,26,30,41H,14,16,18-19H2,1-5H3,(H,36,42). The van der Waals surface area contributed by atoms with Gasteiger partial charge in [0.05, 0.1) is 38.1 Å². The SMILES string of the molecule is COc1cc2c(cc1OC)N(Cc1ccccc1N(C)C)C(=O)C(NC(=O)C1CC(O)CN1C(=O)c1cn(C)c3ccccc13)C2. The fourth-order valence-corrected chi connectivity index (χ4v) is 6.69. The molecule has 0 bridgehead atoms. The molecule has 2 aliphatic rings. The van der Waals surface area contributed by atoms with E-state index in [0.29, 0.717) is 22.7 Å². The predicted molar refractivity (Wildman–Crippen MR) is 176 cm³/mol. The second-order valence-electron chi connectivity index (χ2n) is 12.1. The van der Waals surface area contributed by atoms with Crippen LogP contribution in [0.3, 0.4) is 0 Å². The molecule has 1 saturated heterocycles. The van der Waals surface area contributed by atoms with E-state index in [2.05, 4.69) is 5.32 Å². The van der Waals surface area contributed by atoms with Crippen molar-refractivity contribution in [3.05, 3.63) is 83.6 Å². The zero-order valence-corrected chi connectivity index (χ0v) is 26.7. The minimum absolute atomic E-state index is 0.0199. The molecule has 11 heteroatoms. The molecule has 0 spiro atoms. The molecule has 11 nitrogen and oxygen atoms in total. The number of fused-ring (bicyclic) bond motifs is 2. The smallest absolute Gasteiger partial charge is 0.256 e. The summed E-state index contributed by atoms with van der Waals surface area (Å²) in [7, 11) is 8.86. The molecular formula is C35H39N5O6. The van der Waals surface area contributed by atoms with Crippen LogP contribution in [0.4, 0.5) is 11.4 Å². The van der Waals surface area contributed by atoms with Gasteiger partial charge >= 0.3 is 0 Å². The fraction of sp³-hybridized carbons (Fsp3) is 0.343. The third-order valence-electron chi connectivity index (χ3n) is 8.95. The topological polar surface area (TPSA) is 117 Å². The first-order valence-corrected chi connectivity index (χ1v) is 15.3. The highest BCUT2D eigenvalue weighted by atomic mass is 16.5. The molecule has 3 unspecified atom stereocenters. The molecule has 2 N–H and O–H groups in total. The van der Waals surface area contributed by atoms with Crippen LogP contribution < -0.4 is 24.6 Å². The molecule has 46 heavy (non-hydrogen) atoms. The quantitative estimate of drug-likeness (QED) is 0.309. The Morgan fingerprint density at radius 3 is 2.46 bits per heavy atom. The highest BCUT2D eigenvalue weighted by Gasteiger charge is 2.43. The van der Waals surface area contributed by atoms with Gasteiger partial charge in [-0.25, -0.2) is 0 Å². The summed E-state index contributed by atoms with van der Waals surface area (Å²) in [6.45, 7) is 0.280. The third-order valence-corrected chi connectivity index (χ3v) is 8.95. The van der Waals surface area contributed by atoms with Crippen LogP contribution >= 0.6 is 0 Å². The summed E-state index contributed by atoms with van der Waals surface area (Å²) in [5.74, 6) is -0.106. The van der Waals surface area contributed by atoms with Crippen molar-refractivity contribution in [1.29, 1.82) is 0 Å². The monoisotopic (exact) mass is 625 g/mol. The first-order valence-electron chi connectivity index (χ1n) is 15.3. The zero-order valence-electron chi connectivity index (χ0n) is 26.7. The molecule has 1 fully saturated rings. The number of β-amino-alcohol motifs (C(OH)–C–C–N with tert-alkyl or cyclic N) is 1. The fourth-order valence-electron chi connectivity index (χ4n) is 6.69. The summed E-state index contributed by atoms with van der Waals surface area (Å²) < 4.78 is 13.0. The van der Waals surface area contributed by atoms with Crippen molar-refractivity contribution in [2.24, 2.45) is 7.05 Å². The van der Waals surface area contributed by atoms with Crippen molar-refractivity contribution in [3.63, 3.8) is 0 Å². The third kappa shape index (κ3) is 5.51. The number of ether oxygens (including phenoxy) is 2. The van der Waals surface area contributed by atoms with E-state index < -0.39 is 24.1 Å². The van der Waals surface area contributed by atoms with Crippen LogP contribution in [-0.2, 0) is 29.6 Å². The van der Waals surface area contributed by atoms with Crippen LogP contribution in [0.2, 0.25) is 0 Å². The second kappa shape index (κ2) is 12.4. The number of carbonyl (C=O) groups is 3. The average molecular weight is 626 g/mol. The number of aliphatic hydroxyl groups excluding tert-OH is 1. The first kappa shape index (κ1) is 31.0. The number of benzene rings is 3. The molecule has 3 heterocycles. The van der Waals surface area contributed by atoms with Crippen LogP contribution in [0.15, 0.2) is 66.9 Å². The van der Waals surface area contributed by atoms with Gasteiger partial charge in [0.1, 0.15) is 12.1 Å². The lowest BCUT2D eigenvalue weighted by Crippen LogP contribution is -2.56. The van der Waals surface area contributed by atoms with Gasteiger partial charge in [-0.05, 0) is 29.3 Å². The summed E-state index contributed by atoms with van der Waals surface area (Å²) in [6.07, 6.45) is 1.18. The maximum absolute atomic E-state index is 14.2. The van der Waals surface area contributed by atoms with Crippen LogP contribution in [0, 0.1) is 0 Å². The maximum Gasteiger partial charge on any atom is 0.256 e. The molecule has 4 aromatic rings. The van der Waals surface area contributed by atoms with Crippen LogP contribution in [0.5, 0.6) is 11.5 Å². The normalized spacial score (nSPS) is 19.3. The Morgan fingerprint density at radius 2 is 1.72 bits per heavy atom. The van der Waals surface area contributed by atoms with Crippen molar-refractivity contribution in [2.75, 3.05) is 44.7 Å². The number of methoxy groups -OCH3 is 2. The number of carbonyl (C=O) groups excluding carboxylic acids is 3. The molecule has 0 saturated carbocycles. The first-order chi connectivity index (χ1) is 22.1. The van der Waals surface area contributed by atoms with E-state index in [-0.39, 0.29) is 37.7 Å². The van der Waals surface area contributed by atoms with Crippen molar-refractivity contribution in [1.82, 2.24) is 14.8 Å². The lowest BCUT2D eigenvalue weighted by molar-refractivity contribution is -0.130. The molecule has 3 amide bonds. The van der Waals surface area contributed by atoms with Gasteiger partial charge in [-0.15, -0.1) is 0 Å². The highest BCUT2D eigenvalue weighted by molar-refractivity contribution is 6.09. The lowest BCUT2D eigenvalue weighted by Gasteiger charge is -2.36. The summed E-state index contributed by atoms with van der Waals surface area (Å²) in [5.41, 5.74) is 4.72. The second-order valence-corrected chi connectivity index (χ2v) is 12.1. The highest BCUT2D eigenvalue weighted by Crippen LogP contribution is 2.40. The van der Waals surface area contributed by atoms with Crippen molar-refractivity contribution >= 4 is 40.0 Å². The number of hydrogen-bond donors (Lipinski definition) is 2. The Balaban J connectivity index is 1.31. The number of para-hydroxylation sites is 2. The molecular weight excluding hydrogens is 586 g/mol. The average Bonchev–Trinajstić information content (AvgIpc) is 3.62.